The van der Waals surface area contributed by atoms with Crippen molar-refractivity contribution in [2.75, 3.05) is 0 Å². The number of aliphatic hydroxyl groups excluding tert-OH is 1. The molecule has 2 bridgehead atoms. The average Bonchev–Trinajstić information content (AvgIpc) is 2.87. The summed E-state index contributed by atoms with van der Waals surface area (Å²) < 4.78 is 0. The van der Waals surface area contributed by atoms with Crippen LogP contribution in [0.3, 0.4) is 0 Å². The van der Waals surface area contributed by atoms with Crippen molar-refractivity contribution in [2.45, 2.75) is 39.2 Å². The first-order valence-corrected chi connectivity index (χ1v) is 6.72. The van der Waals surface area contributed by atoms with Crippen molar-refractivity contribution in [3.8, 4) is 0 Å². The summed E-state index contributed by atoms with van der Waals surface area (Å²) in [6.07, 6.45) is 11.0. The Labute approximate surface area is 98.2 Å². The minimum atomic E-state index is -0.205. The Bertz CT molecular complexity index is 339. The smallest absolute Gasteiger partial charge is 0.0572 e. The van der Waals surface area contributed by atoms with Crippen molar-refractivity contribution in [3.63, 3.8) is 0 Å². The van der Waals surface area contributed by atoms with Gasteiger partial charge in [-0.15, -0.1) is 0 Å². The topological polar surface area (TPSA) is 20.2 Å². The average molecular weight is 218 g/mol. The monoisotopic (exact) mass is 218 g/mol. The van der Waals surface area contributed by atoms with Crippen LogP contribution >= 0.6 is 0 Å². The van der Waals surface area contributed by atoms with Crippen LogP contribution < -0.4 is 0 Å². The van der Waals surface area contributed by atoms with Gasteiger partial charge in [-0.1, -0.05) is 30.7 Å². The van der Waals surface area contributed by atoms with Crippen molar-refractivity contribution in [1.82, 2.24) is 0 Å². The van der Waals surface area contributed by atoms with Crippen molar-refractivity contribution >= 4 is 0 Å². The van der Waals surface area contributed by atoms with Crippen LogP contribution in [0.4, 0.5) is 0 Å². The summed E-state index contributed by atoms with van der Waals surface area (Å²) in [5.41, 5.74) is 1.66. The van der Waals surface area contributed by atoms with Gasteiger partial charge in [0.2, 0.25) is 0 Å². The van der Waals surface area contributed by atoms with E-state index >= 15 is 0 Å². The third kappa shape index (κ3) is 1.48. The van der Waals surface area contributed by atoms with E-state index in [1.807, 2.05) is 6.92 Å². The summed E-state index contributed by atoms with van der Waals surface area (Å²) in [5.74, 6) is 3.88. The van der Waals surface area contributed by atoms with Crippen molar-refractivity contribution in [1.29, 1.82) is 0 Å². The second-order valence-corrected chi connectivity index (χ2v) is 6.05. The minimum Gasteiger partial charge on any atom is -0.393 e. The van der Waals surface area contributed by atoms with E-state index < -0.39 is 0 Å². The zero-order valence-corrected chi connectivity index (χ0v) is 10.3. The summed E-state index contributed by atoms with van der Waals surface area (Å²) in [5, 5.41) is 9.58. The molecular formula is C15H22O. The fraction of sp³-hybridized carbons (Fsp3) is 0.733. The SMILES string of the molecule is CC(O)C(C)/C=C1/CC2CC1[C@@H]1CC=C[C@H]21. The maximum atomic E-state index is 9.58. The third-order valence-electron chi connectivity index (χ3n) is 5.09. The van der Waals surface area contributed by atoms with E-state index in [2.05, 4.69) is 25.2 Å². The third-order valence-corrected chi connectivity index (χ3v) is 5.09. The Kier molecular flexibility index (Phi) is 2.47. The molecule has 0 saturated heterocycles. The summed E-state index contributed by atoms with van der Waals surface area (Å²) >= 11 is 0. The van der Waals surface area contributed by atoms with Gasteiger partial charge in [-0.25, -0.2) is 0 Å². The highest BCUT2D eigenvalue weighted by molar-refractivity contribution is 5.26. The Morgan fingerprint density at radius 3 is 3.00 bits per heavy atom. The fourth-order valence-corrected chi connectivity index (χ4v) is 4.06. The molecule has 2 fully saturated rings. The lowest BCUT2D eigenvalue weighted by atomic mass is 9.77. The summed E-state index contributed by atoms with van der Waals surface area (Å²) in [7, 11) is 0. The van der Waals surface area contributed by atoms with Crippen molar-refractivity contribution < 1.29 is 5.11 Å². The van der Waals surface area contributed by atoms with E-state index in [9.17, 15) is 5.11 Å². The lowest BCUT2D eigenvalue weighted by Crippen LogP contribution is -2.20. The number of fused-ring (bicyclic) bond motifs is 5. The Hall–Kier alpha value is -0.560. The van der Waals surface area contributed by atoms with Crippen LogP contribution in [0.1, 0.15) is 33.1 Å². The first kappa shape index (κ1) is 10.6. The van der Waals surface area contributed by atoms with Crippen LogP contribution in [0, 0.1) is 29.6 Å². The Morgan fingerprint density at radius 1 is 1.44 bits per heavy atom. The molecule has 1 N–H and O–H groups in total. The van der Waals surface area contributed by atoms with E-state index in [0.717, 1.165) is 23.7 Å². The van der Waals surface area contributed by atoms with E-state index in [-0.39, 0.29) is 6.10 Å². The van der Waals surface area contributed by atoms with Gasteiger partial charge in [0.25, 0.3) is 0 Å². The summed E-state index contributed by atoms with van der Waals surface area (Å²) in [4.78, 5) is 0. The highest BCUT2D eigenvalue weighted by atomic mass is 16.3. The van der Waals surface area contributed by atoms with Gasteiger partial charge in [0.15, 0.2) is 0 Å². The first-order valence-electron chi connectivity index (χ1n) is 6.72. The highest BCUT2D eigenvalue weighted by Gasteiger charge is 2.49. The molecule has 3 aliphatic rings. The molecule has 3 aliphatic carbocycles. The van der Waals surface area contributed by atoms with Crippen molar-refractivity contribution in [2.24, 2.45) is 29.6 Å². The fourth-order valence-electron chi connectivity index (χ4n) is 4.06. The molecule has 0 amide bonds. The van der Waals surface area contributed by atoms with Crippen LogP contribution in [-0.4, -0.2) is 11.2 Å². The van der Waals surface area contributed by atoms with E-state index in [1.165, 1.54) is 19.3 Å². The molecule has 16 heavy (non-hydrogen) atoms. The zero-order valence-electron chi connectivity index (χ0n) is 10.3. The molecule has 0 aromatic rings. The molecule has 0 radical (unpaired) electrons. The second-order valence-electron chi connectivity index (χ2n) is 6.05. The second kappa shape index (κ2) is 3.73. The van der Waals surface area contributed by atoms with Crippen molar-refractivity contribution in [3.05, 3.63) is 23.8 Å². The molecule has 1 heteroatoms. The van der Waals surface area contributed by atoms with Crippen LogP contribution in [0.25, 0.3) is 0 Å². The van der Waals surface area contributed by atoms with E-state index in [0.29, 0.717) is 5.92 Å². The Morgan fingerprint density at radius 2 is 2.25 bits per heavy atom. The van der Waals surface area contributed by atoms with Gasteiger partial charge in [0.05, 0.1) is 6.10 Å². The van der Waals surface area contributed by atoms with Gasteiger partial charge in [-0.3, -0.25) is 0 Å². The van der Waals surface area contributed by atoms with Crippen LogP contribution in [-0.2, 0) is 0 Å². The predicted octanol–water partition coefficient (Wildman–Crippen LogP) is 3.16. The Balaban J connectivity index is 1.77. The molecule has 4 unspecified atom stereocenters. The van der Waals surface area contributed by atoms with Gasteiger partial charge >= 0.3 is 0 Å². The molecule has 0 heterocycles. The summed E-state index contributed by atoms with van der Waals surface area (Å²) in [6, 6.07) is 0. The maximum absolute atomic E-state index is 9.58. The molecule has 0 aromatic heterocycles. The van der Waals surface area contributed by atoms with Crippen LogP contribution in [0.15, 0.2) is 23.8 Å². The maximum Gasteiger partial charge on any atom is 0.0572 e. The van der Waals surface area contributed by atoms with Gasteiger partial charge in [-0.05, 0) is 55.8 Å². The van der Waals surface area contributed by atoms with E-state index in [1.54, 1.807) is 5.57 Å². The molecule has 0 aliphatic heterocycles. The van der Waals surface area contributed by atoms with Gasteiger partial charge in [-0.2, -0.15) is 0 Å². The van der Waals surface area contributed by atoms with Crippen LogP contribution in [0.5, 0.6) is 0 Å². The molecule has 2 saturated carbocycles. The number of hydrogen-bond acceptors (Lipinski definition) is 1. The quantitative estimate of drug-likeness (QED) is 0.706. The highest BCUT2D eigenvalue weighted by Crippen LogP contribution is 2.58. The zero-order chi connectivity index (χ0) is 11.3. The number of aliphatic hydroxyl groups is 1. The molecule has 6 atom stereocenters. The number of hydrogen-bond donors (Lipinski definition) is 1. The van der Waals surface area contributed by atoms with Gasteiger partial charge in [0, 0.05) is 0 Å². The van der Waals surface area contributed by atoms with E-state index in [4.69, 9.17) is 0 Å². The lowest BCUT2D eigenvalue weighted by Gasteiger charge is -2.27. The molecular weight excluding hydrogens is 196 g/mol. The lowest BCUT2D eigenvalue weighted by molar-refractivity contribution is 0.156. The van der Waals surface area contributed by atoms with Gasteiger partial charge in [0.1, 0.15) is 0 Å². The number of allylic oxidation sites excluding steroid dienone is 3. The first-order chi connectivity index (χ1) is 7.66. The summed E-state index contributed by atoms with van der Waals surface area (Å²) in [6.45, 7) is 4.03. The molecule has 1 nitrogen and oxygen atoms in total. The predicted molar refractivity (Wildman–Crippen MR) is 65.9 cm³/mol. The number of rotatable bonds is 2. The minimum absolute atomic E-state index is 0.205. The molecule has 3 rings (SSSR count). The largest absolute Gasteiger partial charge is 0.393 e. The van der Waals surface area contributed by atoms with Crippen LogP contribution in [0.2, 0.25) is 0 Å². The molecule has 88 valence electrons. The standard InChI is InChI=1S/C15H22O/c1-9(10(2)16)6-11-7-12-8-15(11)14-5-3-4-13(12)14/h3-4,6,9-10,12-16H,5,7-8H2,1-2H3/b11-6-/t9?,10?,12?,13-,14-,15?/m1/s1. The van der Waals surface area contributed by atoms with Gasteiger partial charge < -0.3 is 5.11 Å². The molecule has 0 spiro atoms. The normalized spacial score (nSPS) is 46.3. The molecule has 0 aromatic carbocycles.